The Morgan fingerprint density at radius 3 is 2.67 bits per heavy atom. The largest absolute Gasteiger partial charge is 0.385 e. The van der Waals surface area contributed by atoms with Gasteiger partial charge in [-0.25, -0.2) is 0 Å². The van der Waals surface area contributed by atoms with Gasteiger partial charge in [0.05, 0.1) is 11.1 Å². The van der Waals surface area contributed by atoms with Gasteiger partial charge < -0.3 is 10.1 Å². The third-order valence-electron chi connectivity index (χ3n) is 2.94. The second-order valence-electron chi connectivity index (χ2n) is 4.20. The lowest BCUT2D eigenvalue weighted by Gasteiger charge is -2.06. The topological polar surface area (TPSA) is 58.6 Å². The minimum atomic E-state index is -0.240. The molecule has 5 heteroatoms. The average Bonchev–Trinajstić information content (AvgIpc) is 2.60. The second kappa shape index (κ2) is 5.18. The van der Waals surface area contributed by atoms with E-state index in [-0.39, 0.29) is 11.8 Å². The van der Waals surface area contributed by atoms with Crippen LogP contribution in [0, 0.1) is 0 Å². The first kappa shape index (κ1) is 12.6. The number of anilines is 1. The van der Waals surface area contributed by atoms with Crippen LogP contribution in [0.3, 0.4) is 0 Å². The SMILES string of the molecule is COCCCNc1ccc2c(c1)C(=O)N(C)C2=O. The number of ether oxygens (including phenoxy) is 1. The van der Waals surface area contributed by atoms with E-state index in [1.165, 1.54) is 7.05 Å². The second-order valence-corrected chi connectivity index (χ2v) is 4.20. The van der Waals surface area contributed by atoms with E-state index in [2.05, 4.69) is 5.32 Å². The van der Waals surface area contributed by atoms with E-state index in [0.717, 1.165) is 23.6 Å². The van der Waals surface area contributed by atoms with Gasteiger partial charge in [-0.2, -0.15) is 0 Å². The number of benzene rings is 1. The van der Waals surface area contributed by atoms with Crippen molar-refractivity contribution < 1.29 is 14.3 Å². The molecule has 0 aliphatic carbocycles. The van der Waals surface area contributed by atoms with Gasteiger partial charge in [0.2, 0.25) is 0 Å². The third-order valence-corrected chi connectivity index (χ3v) is 2.94. The van der Waals surface area contributed by atoms with Crippen molar-refractivity contribution in [3.05, 3.63) is 29.3 Å². The first-order valence-corrected chi connectivity index (χ1v) is 5.84. The zero-order valence-electron chi connectivity index (χ0n) is 10.5. The highest BCUT2D eigenvalue weighted by atomic mass is 16.5. The lowest BCUT2D eigenvalue weighted by atomic mass is 10.1. The van der Waals surface area contributed by atoms with Crippen molar-refractivity contribution in [2.24, 2.45) is 0 Å². The van der Waals surface area contributed by atoms with E-state index in [1.54, 1.807) is 19.2 Å². The number of hydrogen-bond donors (Lipinski definition) is 1. The van der Waals surface area contributed by atoms with Crippen LogP contribution in [0.15, 0.2) is 18.2 Å². The fraction of sp³-hybridized carbons (Fsp3) is 0.385. The van der Waals surface area contributed by atoms with Crippen LogP contribution in [-0.2, 0) is 4.74 Å². The lowest BCUT2D eigenvalue weighted by molar-refractivity contribution is 0.0693. The van der Waals surface area contributed by atoms with Gasteiger partial charge in [-0.3, -0.25) is 14.5 Å². The maximum Gasteiger partial charge on any atom is 0.261 e. The van der Waals surface area contributed by atoms with E-state index >= 15 is 0 Å². The molecule has 5 nitrogen and oxygen atoms in total. The first-order valence-electron chi connectivity index (χ1n) is 5.84. The Labute approximate surface area is 106 Å². The van der Waals surface area contributed by atoms with Crippen LogP contribution in [0.4, 0.5) is 5.69 Å². The molecule has 1 aromatic rings. The molecule has 0 unspecified atom stereocenters. The predicted molar refractivity (Wildman–Crippen MR) is 67.8 cm³/mol. The zero-order chi connectivity index (χ0) is 13.1. The minimum absolute atomic E-state index is 0.235. The number of rotatable bonds is 5. The average molecular weight is 248 g/mol. The number of carbonyl (C=O) groups is 2. The Hall–Kier alpha value is -1.88. The quantitative estimate of drug-likeness (QED) is 0.631. The smallest absolute Gasteiger partial charge is 0.261 e. The summed E-state index contributed by atoms with van der Waals surface area (Å²) < 4.78 is 4.95. The van der Waals surface area contributed by atoms with E-state index in [9.17, 15) is 9.59 Å². The number of hydrogen-bond acceptors (Lipinski definition) is 4. The number of nitrogens with one attached hydrogen (secondary N) is 1. The van der Waals surface area contributed by atoms with Gasteiger partial charge in [0, 0.05) is 33.0 Å². The third kappa shape index (κ3) is 2.22. The standard InChI is InChI=1S/C13H16N2O3/c1-15-12(16)10-5-4-9(8-11(10)13(15)17)14-6-3-7-18-2/h4-5,8,14H,3,6-7H2,1-2H3. The summed E-state index contributed by atoms with van der Waals surface area (Å²) in [6, 6.07) is 5.24. The lowest BCUT2D eigenvalue weighted by Crippen LogP contribution is -2.24. The number of fused-ring (bicyclic) bond motifs is 1. The Balaban J connectivity index is 2.09. The molecule has 0 fully saturated rings. The molecular formula is C13H16N2O3. The molecule has 0 saturated carbocycles. The highest BCUT2D eigenvalue weighted by Gasteiger charge is 2.32. The molecule has 18 heavy (non-hydrogen) atoms. The first-order chi connectivity index (χ1) is 8.65. The van der Waals surface area contributed by atoms with Crippen LogP contribution in [0.2, 0.25) is 0 Å². The molecule has 0 saturated heterocycles. The van der Waals surface area contributed by atoms with Crippen LogP contribution < -0.4 is 5.32 Å². The molecule has 2 rings (SSSR count). The number of amides is 2. The Morgan fingerprint density at radius 2 is 1.94 bits per heavy atom. The van der Waals surface area contributed by atoms with E-state index < -0.39 is 0 Å². The molecule has 0 radical (unpaired) electrons. The molecule has 0 bridgehead atoms. The van der Waals surface area contributed by atoms with Crippen molar-refractivity contribution in [1.82, 2.24) is 4.90 Å². The molecule has 0 atom stereocenters. The summed E-state index contributed by atoms with van der Waals surface area (Å²) in [6.45, 7) is 1.46. The maximum absolute atomic E-state index is 11.8. The summed E-state index contributed by atoms with van der Waals surface area (Å²) >= 11 is 0. The van der Waals surface area contributed by atoms with Crippen LogP contribution in [0.25, 0.3) is 0 Å². The summed E-state index contributed by atoms with van der Waals surface area (Å²) in [5.74, 6) is -0.475. The molecule has 0 spiro atoms. The zero-order valence-corrected chi connectivity index (χ0v) is 10.5. The fourth-order valence-electron chi connectivity index (χ4n) is 1.92. The molecule has 1 heterocycles. The molecule has 1 aromatic carbocycles. The molecule has 2 amide bonds. The van der Waals surface area contributed by atoms with Crippen molar-refractivity contribution in [2.45, 2.75) is 6.42 Å². The number of methoxy groups -OCH3 is 1. The van der Waals surface area contributed by atoms with Crippen LogP contribution in [0.5, 0.6) is 0 Å². The van der Waals surface area contributed by atoms with Crippen LogP contribution >= 0.6 is 0 Å². The molecule has 0 aromatic heterocycles. The van der Waals surface area contributed by atoms with Gasteiger partial charge in [-0.1, -0.05) is 0 Å². The van der Waals surface area contributed by atoms with E-state index in [1.807, 2.05) is 6.07 Å². The van der Waals surface area contributed by atoms with Crippen molar-refractivity contribution in [2.75, 3.05) is 32.6 Å². The summed E-state index contributed by atoms with van der Waals surface area (Å²) in [7, 11) is 3.16. The summed E-state index contributed by atoms with van der Waals surface area (Å²) in [5, 5.41) is 3.20. The predicted octanol–water partition coefficient (Wildman–Crippen LogP) is 1.36. The Kier molecular flexibility index (Phi) is 3.62. The van der Waals surface area contributed by atoms with Gasteiger partial charge in [0.15, 0.2) is 0 Å². The molecule has 1 aliphatic heterocycles. The molecule has 1 aliphatic rings. The monoisotopic (exact) mass is 248 g/mol. The summed E-state index contributed by atoms with van der Waals surface area (Å²) in [4.78, 5) is 24.6. The van der Waals surface area contributed by atoms with Crippen LogP contribution in [-0.4, -0.2) is 44.0 Å². The van der Waals surface area contributed by atoms with E-state index in [0.29, 0.717) is 17.7 Å². The summed E-state index contributed by atoms with van der Waals surface area (Å²) in [5.41, 5.74) is 1.80. The number of nitrogens with zero attached hydrogens (tertiary/aromatic N) is 1. The summed E-state index contributed by atoms with van der Waals surface area (Å²) in [6.07, 6.45) is 0.889. The van der Waals surface area contributed by atoms with Crippen molar-refractivity contribution >= 4 is 17.5 Å². The highest BCUT2D eigenvalue weighted by molar-refractivity contribution is 6.21. The molecule has 96 valence electrons. The van der Waals surface area contributed by atoms with Gasteiger partial charge in [-0.05, 0) is 24.6 Å². The number of carbonyl (C=O) groups excluding carboxylic acids is 2. The molecule has 1 N–H and O–H groups in total. The Bertz CT molecular complexity index is 485. The highest BCUT2D eigenvalue weighted by Crippen LogP contribution is 2.24. The van der Waals surface area contributed by atoms with Crippen LogP contribution in [0.1, 0.15) is 27.1 Å². The van der Waals surface area contributed by atoms with Crippen molar-refractivity contribution in [3.63, 3.8) is 0 Å². The van der Waals surface area contributed by atoms with Gasteiger partial charge in [-0.15, -0.1) is 0 Å². The molecular weight excluding hydrogens is 232 g/mol. The van der Waals surface area contributed by atoms with Gasteiger partial charge >= 0.3 is 0 Å². The van der Waals surface area contributed by atoms with Crippen molar-refractivity contribution in [1.29, 1.82) is 0 Å². The normalized spacial score (nSPS) is 14.0. The fourth-order valence-corrected chi connectivity index (χ4v) is 1.92. The maximum atomic E-state index is 11.8. The Morgan fingerprint density at radius 1 is 1.22 bits per heavy atom. The van der Waals surface area contributed by atoms with Crippen molar-refractivity contribution in [3.8, 4) is 0 Å². The van der Waals surface area contributed by atoms with Gasteiger partial charge in [0.25, 0.3) is 11.8 Å². The van der Waals surface area contributed by atoms with E-state index in [4.69, 9.17) is 4.74 Å². The van der Waals surface area contributed by atoms with Gasteiger partial charge in [0.1, 0.15) is 0 Å². The minimum Gasteiger partial charge on any atom is -0.385 e. The number of imide groups is 1.